The van der Waals surface area contributed by atoms with Crippen LogP contribution in [0.3, 0.4) is 0 Å². The second kappa shape index (κ2) is 5.47. The minimum Gasteiger partial charge on any atom is -0.295 e. The molecule has 0 bridgehead atoms. The molecule has 0 atom stereocenters. The van der Waals surface area contributed by atoms with E-state index in [1.54, 1.807) is 23.1 Å². The summed E-state index contributed by atoms with van der Waals surface area (Å²) in [6, 6.07) is 6.37. The third kappa shape index (κ3) is 2.56. The van der Waals surface area contributed by atoms with E-state index in [1.807, 2.05) is 0 Å². The van der Waals surface area contributed by atoms with Gasteiger partial charge < -0.3 is 0 Å². The van der Waals surface area contributed by atoms with Crippen molar-refractivity contribution in [1.29, 1.82) is 0 Å². The van der Waals surface area contributed by atoms with Crippen molar-refractivity contribution in [2.75, 3.05) is 6.54 Å². The number of nitro groups is 1. The number of amidine groups is 1. The Morgan fingerprint density at radius 2 is 2.05 bits per heavy atom. The molecule has 1 saturated heterocycles. The van der Waals surface area contributed by atoms with E-state index in [1.165, 1.54) is 12.1 Å². The van der Waals surface area contributed by atoms with Crippen molar-refractivity contribution in [3.63, 3.8) is 0 Å². The minimum absolute atomic E-state index is 0.0138. The number of rotatable bonds is 2. The first-order chi connectivity index (χ1) is 10.2. The monoisotopic (exact) mass is 285 g/mol. The smallest absolute Gasteiger partial charge is 0.277 e. The van der Waals surface area contributed by atoms with Crippen molar-refractivity contribution >= 4 is 23.5 Å². The van der Waals surface area contributed by atoms with Crippen LogP contribution in [0.4, 0.5) is 5.69 Å². The lowest BCUT2D eigenvalue weighted by Crippen LogP contribution is -2.31. The topological polar surface area (TPSA) is 75.8 Å². The van der Waals surface area contributed by atoms with E-state index in [2.05, 4.69) is 4.99 Å². The highest BCUT2D eigenvalue weighted by Crippen LogP contribution is 2.26. The molecule has 1 aromatic carbocycles. The van der Waals surface area contributed by atoms with E-state index in [-0.39, 0.29) is 11.6 Å². The SMILES string of the molecule is O=C1/C(=C\c2ccccc2[N+](=O)[O-])N=C2CCCCCN12. The molecular formula is C15H15N3O3. The van der Waals surface area contributed by atoms with Crippen LogP contribution in [0.5, 0.6) is 0 Å². The fraction of sp³-hybridized carbons (Fsp3) is 0.333. The van der Waals surface area contributed by atoms with Crippen LogP contribution in [-0.2, 0) is 4.79 Å². The van der Waals surface area contributed by atoms with Gasteiger partial charge in [-0.05, 0) is 25.0 Å². The van der Waals surface area contributed by atoms with Gasteiger partial charge >= 0.3 is 0 Å². The van der Waals surface area contributed by atoms with Crippen molar-refractivity contribution in [3.05, 3.63) is 45.6 Å². The molecule has 0 spiro atoms. The molecule has 6 nitrogen and oxygen atoms in total. The second-order valence-corrected chi connectivity index (χ2v) is 5.14. The van der Waals surface area contributed by atoms with E-state index in [0.29, 0.717) is 17.8 Å². The molecule has 108 valence electrons. The van der Waals surface area contributed by atoms with Gasteiger partial charge in [0.1, 0.15) is 11.5 Å². The van der Waals surface area contributed by atoms with Gasteiger partial charge in [-0.1, -0.05) is 18.6 Å². The average Bonchev–Trinajstić information content (AvgIpc) is 2.66. The number of amides is 1. The number of para-hydroxylation sites is 1. The third-order valence-corrected chi connectivity index (χ3v) is 3.73. The summed E-state index contributed by atoms with van der Waals surface area (Å²) in [5.74, 6) is 0.646. The fourth-order valence-electron chi connectivity index (χ4n) is 2.67. The maximum Gasteiger partial charge on any atom is 0.277 e. The number of aliphatic imine (C=N–C) groups is 1. The van der Waals surface area contributed by atoms with Crippen LogP contribution in [0, 0.1) is 10.1 Å². The summed E-state index contributed by atoms with van der Waals surface area (Å²) in [6.45, 7) is 0.686. The number of hydrogen-bond donors (Lipinski definition) is 0. The molecule has 1 fully saturated rings. The fourth-order valence-corrected chi connectivity index (χ4v) is 2.67. The normalized spacial score (nSPS) is 20.2. The quantitative estimate of drug-likeness (QED) is 0.476. The summed E-state index contributed by atoms with van der Waals surface area (Å²) in [5, 5.41) is 11.0. The zero-order chi connectivity index (χ0) is 14.8. The van der Waals surface area contributed by atoms with Crippen molar-refractivity contribution in [2.45, 2.75) is 25.7 Å². The highest BCUT2D eigenvalue weighted by atomic mass is 16.6. The van der Waals surface area contributed by atoms with E-state index in [0.717, 1.165) is 31.5 Å². The molecule has 0 unspecified atom stereocenters. The molecule has 0 N–H and O–H groups in total. The summed E-state index contributed by atoms with van der Waals surface area (Å²) in [4.78, 5) is 29.0. The lowest BCUT2D eigenvalue weighted by Gasteiger charge is -2.13. The lowest BCUT2D eigenvalue weighted by atomic mass is 10.1. The zero-order valence-electron chi connectivity index (χ0n) is 11.5. The van der Waals surface area contributed by atoms with Crippen molar-refractivity contribution in [3.8, 4) is 0 Å². The molecule has 0 radical (unpaired) electrons. The summed E-state index contributed by atoms with van der Waals surface area (Å²) < 4.78 is 0. The highest BCUT2D eigenvalue weighted by Gasteiger charge is 2.31. The molecule has 0 aliphatic carbocycles. The Balaban J connectivity index is 1.98. The first kappa shape index (κ1) is 13.5. The Bertz CT molecular complexity index is 664. The standard InChI is InChI=1S/C15H15N3O3/c19-15-12(16-14-8-2-1-5-9-17(14)15)10-11-6-3-4-7-13(11)18(20)21/h3-4,6-7,10H,1-2,5,8-9H2/b12-10+. The summed E-state index contributed by atoms with van der Waals surface area (Å²) in [6.07, 6.45) is 5.42. The Hall–Kier alpha value is -2.50. The number of carbonyl (C=O) groups excluding carboxylic acids is 1. The molecule has 1 aromatic rings. The molecule has 6 heteroatoms. The molecule has 2 aliphatic heterocycles. The van der Waals surface area contributed by atoms with Gasteiger partial charge in [0, 0.05) is 19.0 Å². The van der Waals surface area contributed by atoms with Gasteiger partial charge in [-0.2, -0.15) is 0 Å². The Kier molecular flexibility index (Phi) is 3.51. The van der Waals surface area contributed by atoms with Crippen LogP contribution in [0.15, 0.2) is 35.0 Å². The van der Waals surface area contributed by atoms with Gasteiger partial charge in [-0.15, -0.1) is 0 Å². The van der Waals surface area contributed by atoms with Gasteiger partial charge in [0.05, 0.1) is 10.5 Å². The number of nitrogens with zero attached hydrogens (tertiary/aromatic N) is 3. The second-order valence-electron chi connectivity index (χ2n) is 5.14. The van der Waals surface area contributed by atoms with E-state index in [4.69, 9.17) is 0 Å². The van der Waals surface area contributed by atoms with Crippen LogP contribution in [-0.4, -0.2) is 28.1 Å². The lowest BCUT2D eigenvalue weighted by molar-refractivity contribution is -0.385. The first-order valence-corrected chi connectivity index (χ1v) is 7.01. The van der Waals surface area contributed by atoms with Gasteiger partial charge in [-0.3, -0.25) is 19.8 Å². The van der Waals surface area contributed by atoms with Crippen LogP contribution < -0.4 is 0 Å². The molecule has 21 heavy (non-hydrogen) atoms. The van der Waals surface area contributed by atoms with Gasteiger partial charge in [0.2, 0.25) is 0 Å². The predicted octanol–water partition coefficient (Wildman–Crippen LogP) is 2.75. The summed E-state index contributed by atoms with van der Waals surface area (Å²) in [5.41, 5.74) is 0.689. The summed E-state index contributed by atoms with van der Waals surface area (Å²) >= 11 is 0. The largest absolute Gasteiger partial charge is 0.295 e. The summed E-state index contributed by atoms with van der Waals surface area (Å²) in [7, 11) is 0. The number of fused-ring (bicyclic) bond motifs is 1. The zero-order valence-corrected chi connectivity index (χ0v) is 11.5. The Morgan fingerprint density at radius 3 is 2.86 bits per heavy atom. The third-order valence-electron chi connectivity index (χ3n) is 3.73. The maximum absolute atomic E-state index is 12.4. The van der Waals surface area contributed by atoms with Crippen LogP contribution >= 0.6 is 0 Å². The van der Waals surface area contributed by atoms with Crippen LogP contribution in [0.25, 0.3) is 6.08 Å². The molecule has 3 rings (SSSR count). The molecule has 2 aliphatic rings. The number of carbonyl (C=O) groups is 1. The number of hydrogen-bond acceptors (Lipinski definition) is 4. The van der Waals surface area contributed by atoms with Gasteiger partial charge in [-0.25, -0.2) is 4.99 Å². The Morgan fingerprint density at radius 1 is 1.24 bits per heavy atom. The maximum atomic E-state index is 12.4. The first-order valence-electron chi connectivity index (χ1n) is 7.01. The van der Waals surface area contributed by atoms with Crippen molar-refractivity contribution in [1.82, 2.24) is 4.90 Å². The van der Waals surface area contributed by atoms with E-state index in [9.17, 15) is 14.9 Å². The molecular weight excluding hydrogens is 270 g/mol. The van der Waals surface area contributed by atoms with E-state index < -0.39 is 4.92 Å². The minimum atomic E-state index is -0.447. The van der Waals surface area contributed by atoms with Crippen molar-refractivity contribution < 1.29 is 9.72 Å². The molecule has 0 saturated carbocycles. The molecule has 0 aromatic heterocycles. The van der Waals surface area contributed by atoms with Crippen molar-refractivity contribution in [2.24, 2.45) is 4.99 Å². The van der Waals surface area contributed by atoms with E-state index >= 15 is 0 Å². The average molecular weight is 285 g/mol. The van der Waals surface area contributed by atoms with Crippen LogP contribution in [0.1, 0.15) is 31.2 Å². The predicted molar refractivity (Wildman–Crippen MR) is 78.7 cm³/mol. The van der Waals surface area contributed by atoms with Crippen LogP contribution in [0.2, 0.25) is 0 Å². The Labute approximate surface area is 121 Å². The highest BCUT2D eigenvalue weighted by molar-refractivity contribution is 6.14. The van der Waals surface area contributed by atoms with Gasteiger partial charge in [0.25, 0.3) is 11.6 Å². The molecule has 1 amide bonds. The number of nitro benzene ring substituents is 1. The number of benzene rings is 1. The van der Waals surface area contributed by atoms with Gasteiger partial charge in [0.15, 0.2) is 0 Å². The molecule has 2 heterocycles.